The first-order valence-electron chi connectivity index (χ1n) is 3.58. The van der Waals surface area contributed by atoms with Crippen LogP contribution in [0.15, 0.2) is 24.3 Å². The van der Waals surface area contributed by atoms with Gasteiger partial charge < -0.3 is 10.8 Å². The number of rotatable bonds is 1. The maximum absolute atomic E-state index is 8.98. The summed E-state index contributed by atoms with van der Waals surface area (Å²) in [5, 5.41) is 8.98. The monoisotopic (exact) mass is 151 g/mol. The molecular formula is C9H13NO. The average Bonchev–Trinajstić information content (AvgIpc) is 1.86. The molecule has 0 aromatic heterocycles. The van der Waals surface area contributed by atoms with Crippen molar-refractivity contribution in [2.75, 3.05) is 0 Å². The molecule has 0 aliphatic heterocycles. The standard InChI is InChI=1S/C9H13NO/c1-9(2,10)7-3-5-8(11)6-4-7/h3-6,11H,10H2,1-2H3. The van der Waals surface area contributed by atoms with Crippen molar-refractivity contribution >= 4 is 0 Å². The third-order valence-corrected chi connectivity index (χ3v) is 1.61. The van der Waals surface area contributed by atoms with E-state index in [0.717, 1.165) is 5.56 Å². The van der Waals surface area contributed by atoms with E-state index in [9.17, 15) is 0 Å². The van der Waals surface area contributed by atoms with Crippen LogP contribution in [-0.4, -0.2) is 5.11 Å². The highest BCUT2D eigenvalue weighted by Gasteiger charge is 2.12. The number of nitrogens with two attached hydrogens (primary N) is 1. The molecule has 1 rings (SSSR count). The van der Waals surface area contributed by atoms with Gasteiger partial charge in [0.15, 0.2) is 0 Å². The van der Waals surface area contributed by atoms with Crippen molar-refractivity contribution in [2.24, 2.45) is 5.73 Å². The predicted octanol–water partition coefficient (Wildman–Crippen LogP) is 1.59. The quantitative estimate of drug-likeness (QED) is 0.640. The molecule has 0 bridgehead atoms. The Morgan fingerprint density at radius 1 is 1.18 bits per heavy atom. The first-order valence-corrected chi connectivity index (χ1v) is 3.58. The van der Waals surface area contributed by atoms with E-state index in [4.69, 9.17) is 10.8 Å². The molecular weight excluding hydrogens is 138 g/mol. The Morgan fingerprint density at radius 3 is 2.00 bits per heavy atom. The molecule has 11 heavy (non-hydrogen) atoms. The van der Waals surface area contributed by atoms with Gasteiger partial charge in [0.2, 0.25) is 0 Å². The molecule has 0 radical (unpaired) electrons. The van der Waals surface area contributed by atoms with E-state index in [-0.39, 0.29) is 11.3 Å². The van der Waals surface area contributed by atoms with Gasteiger partial charge in [-0.1, -0.05) is 12.1 Å². The number of benzene rings is 1. The Kier molecular flexibility index (Phi) is 1.87. The second kappa shape index (κ2) is 2.55. The van der Waals surface area contributed by atoms with Crippen LogP contribution in [0, 0.1) is 0 Å². The van der Waals surface area contributed by atoms with Crippen LogP contribution in [0.4, 0.5) is 0 Å². The fraction of sp³-hybridized carbons (Fsp3) is 0.333. The van der Waals surface area contributed by atoms with Crippen molar-refractivity contribution in [3.05, 3.63) is 29.8 Å². The van der Waals surface area contributed by atoms with Gasteiger partial charge in [0.1, 0.15) is 5.75 Å². The zero-order chi connectivity index (χ0) is 8.48. The van der Waals surface area contributed by atoms with Crippen LogP contribution in [0.25, 0.3) is 0 Å². The first-order chi connectivity index (χ1) is 5.00. The number of aromatic hydroxyl groups is 1. The maximum atomic E-state index is 8.98. The second-order valence-electron chi connectivity index (χ2n) is 3.27. The van der Waals surface area contributed by atoms with Gasteiger partial charge in [-0.15, -0.1) is 0 Å². The van der Waals surface area contributed by atoms with Crippen molar-refractivity contribution in [1.29, 1.82) is 0 Å². The molecule has 0 unspecified atom stereocenters. The lowest BCUT2D eigenvalue weighted by molar-refractivity contribution is 0.473. The van der Waals surface area contributed by atoms with E-state index >= 15 is 0 Å². The third-order valence-electron chi connectivity index (χ3n) is 1.61. The molecule has 0 heterocycles. The van der Waals surface area contributed by atoms with E-state index in [1.165, 1.54) is 0 Å². The van der Waals surface area contributed by atoms with Gasteiger partial charge in [0.25, 0.3) is 0 Å². The van der Waals surface area contributed by atoms with Gasteiger partial charge in [-0.05, 0) is 31.5 Å². The summed E-state index contributed by atoms with van der Waals surface area (Å²) < 4.78 is 0. The van der Waals surface area contributed by atoms with Crippen LogP contribution in [-0.2, 0) is 5.54 Å². The van der Waals surface area contributed by atoms with Gasteiger partial charge in [-0.2, -0.15) is 0 Å². The molecule has 0 spiro atoms. The van der Waals surface area contributed by atoms with Crippen molar-refractivity contribution < 1.29 is 5.11 Å². The highest BCUT2D eigenvalue weighted by molar-refractivity contribution is 5.29. The number of hydrogen-bond acceptors (Lipinski definition) is 2. The van der Waals surface area contributed by atoms with E-state index in [1.807, 2.05) is 26.0 Å². The second-order valence-corrected chi connectivity index (χ2v) is 3.27. The fourth-order valence-corrected chi connectivity index (χ4v) is 0.891. The molecule has 0 amide bonds. The Hall–Kier alpha value is -1.02. The molecule has 3 N–H and O–H groups in total. The molecule has 1 aromatic rings. The smallest absolute Gasteiger partial charge is 0.115 e. The lowest BCUT2D eigenvalue weighted by Gasteiger charge is -2.18. The summed E-state index contributed by atoms with van der Waals surface area (Å²) in [6.07, 6.45) is 0. The minimum Gasteiger partial charge on any atom is -0.508 e. The van der Waals surface area contributed by atoms with Gasteiger partial charge >= 0.3 is 0 Å². The molecule has 0 aliphatic rings. The Morgan fingerprint density at radius 2 is 1.64 bits per heavy atom. The van der Waals surface area contributed by atoms with Crippen LogP contribution in [0.3, 0.4) is 0 Å². The zero-order valence-electron chi connectivity index (χ0n) is 6.83. The number of hydrogen-bond donors (Lipinski definition) is 2. The number of phenols is 1. The Bertz CT molecular complexity index is 233. The van der Waals surface area contributed by atoms with Gasteiger partial charge in [0, 0.05) is 5.54 Å². The average molecular weight is 151 g/mol. The topological polar surface area (TPSA) is 46.2 Å². The zero-order valence-corrected chi connectivity index (χ0v) is 6.83. The molecule has 0 saturated heterocycles. The van der Waals surface area contributed by atoms with Gasteiger partial charge in [-0.25, -0.2) is 0 Å². The minimum absolute atomic E-state index is 0.276. The minimum atomic E-state index is -0.326. The maximum Gasteiger partial charge on any atom is 0.115 e. The Balaban J connectivity index is 2.99. The molecule has 1 aromatic carbocycles. The fourth-order valence-electron chi connectivity index (χ4n) is 0.891. The van der Waals surface area contributed by atoms with Crippen LogP contribution < -0.4 is 5.73 Å². The van der Waals surface area contributed by atoms with Crippen LogP contribution in [0.1, 0.15) is 19.4 Å². The van der Waals surface area contributed by atoms with Gasteiger partial charge in [0.05, 0.1) is 0 Å². The van der Waals surface area contributed by atoms with Crippen LogP contribution in [0.2, 0.25) is 0 Å². The third kappa shape index (κ3) is 1.95. The van der Waals surface area contributed by atoms with Gasteiger partial charge in [-0.3, -0.25) is 0 Å². The highest BCUT2D eigenvalue weighted by atomic mass is 16.3. The van der Waals surface area contributed by atoms with Crippen LogP contribution >= 0.6 is 0 Å². The van der Waals surface area contributed by atoms with Crippen LogP contribution in [0.5, 0.6) is 5.75 Å². The summed E-state index contributed by atoms with van der Waals surface area (Å²) >= 11 is 0. The Labute approximate surface area is 66.7 Å². The molecule has 2 heteroatoms. The lowest BCUT2D eigenvalue weighted by atomic mass is 9.96. The van der Waals surface area contributed by atoms with E-state index in [1.54, 1.807) is 12.1 Å². The largest absolute Gasteiger partial charge is 0.508 e. The van der Waals surface area contributed by atoms with E-state index < -0.39 is 0 Å². The summed E-state index contributed by atoms with van der Waals surface area (Å²) in [5.41, 5.74) is 6.52. The summed E-state index contributed by atoms with van der Waals surface area (Å²) in [6.45, 7) is 3.86. The lowest BCUT2D eigenvalue weighted by Crippen LogP contribution is -2.28. The predicted molar refractivity (Wildman–Crippen MR) is 45.3 cm³/mol. The van der Waals surface area contributed by atoms with Crippen molar-refractivity contribution in [2.45, 2.75) is 19.4 Å². The molecule has 60 valence electrons. The summed E-state index contributed by atoms with van der Waals surface area (Å²) in [6, 6.07) is 6.94. The summed E-state index contributed by atoms with van der Waals surface area (Å²) in [5.74, 6) is 0.276. The molecule has 0 saturated carbocycles. The van der Waals surface area contributed by atoms with Crippen molar-refractivity contribution in [3.63, 3.8) is 0 Å². The molecule has 0 atom stereocenters. The summed E-state index contributed by atoms with van der Waals surface area (Å²) in [4.78, 5) is 0. The highest BCUT2D eigenvalue weighted by Crippen LogP contribution is 2.18. The molecule has 0 fully saturated rings. The number of phenolic OH excluding ortho intramolecular Hbond substituents is 1. The van der Waals surface area contributed by atoms with E-state index in [2.05, 4.69) is 0 Å². The van der Waals surface area contributed by atoms with Crippen molar-refractivity contribution in [3.8, 4) is 5.75 Å². The summed E-state index contributed by atoms with van der Waals surface area (Å²) in [7, 11) is 0. The van der Waals surface area contributed by atoms with Crippen molar-refractivity contribution in [1.82, 2.24) is 0 Å². The SMILES string of the molecule is CC(C)(N)c1ccc(O)cc1. The normalized spacial score (nSPS) is 11.5. The molecule has 2 nitrogen and oxygen atoms in total. The first kappa shape index (κ1) is 8.08. The van der Waals surface area contributed by atoms with E-state index in [0.29, 0.717) is 0 Å². The molecule has 0 aliphatic carbocycles.